The molecule has 0 heterocycles. The Hall–Kier alpha value is -2.38. The van der Waals surface area contributed by atoms with Gasteiger partial charge in [-0.25, -0.2) is 4.79 Å². The van der Waals surface area contributed by atoms with Crippen LogP contribution in [0.1, 0.15) is 40.0 Å². The largest absolute Gasteiger partial charge is 0.480 e. The van der Waals surface area contributed by atoms with Crippen LogP contribution in [0.25, 0.3) is 0 Å². The van der Waals surface area contributed by atoms with Crippen molar-refractivity contribution in [1.29, 1.82) is 0 Å². The van der Waals surface area contributed by atoms with Crippen LogP contribution in [-0.4, -0.2) is 75.8 Å². The first-order valence-corrected chi connectivity index (χ1v) is 10.5. The Bertz CT molecular complexity index is 661. The molecule has 0 saturated heterocycles. The van der Waals surface area contributed by atoms with Gasteiger partial charge in [0.25, 0.3) is 0 Å². The number of aliphatic hydroxyl groups is 1. The third-order valence-corrected chi connectivity index (χ3v) is 5.10. The Balaban J connectivity index is 5.21. The van der Waals surface area contributed by atoms with Crippen LogP contribution in [0.15, 0.2) is 0 Å². The molecule has 0 aromatic carbocycles. The maximum Gasteiger partial charge on any atom is 0.326 e. The second-order valence-corrected chi connectivity index (χ2v) is 7.65. The fourth-order valence-electron chi connectivity index (χ4n) is 2.44. The first-order chi connectivity index (χ1) is 14.3. The zero-order valence-corrected chi connectivity index (χ0v) is 18.7. The molecule has 6 unspecified atom stereocenters. The Morgan fingerprint density at radius 2 is 1.52 bits per heavy atom. The fraction of sp³-hybridized carbons (Fsp3) is 0.722. The van der Waals surface area contributed by atoms with Crippen LogP contribution in [0.3, 0.4) is 0 Å². The van der Waals surface area contributed by atoms with Crippen molar-refractivity contribution in [3.63, 3.8) is 0 Å². The predicted octanol–water partition coefficient (Wildman–Crippen LogP) is -2.53. The Morgan fingerprint density at radius 3 is 1.94 bits per heavy atom. The van der Waals surface area contributed by atoms with Gasteiger partial charge in [0, 0.05) is 12.2 Å². The quantitative estimate of drug-likeness (QED) is 0.128. The van der Waals surface area contributed by atoms with E-state index in [0.29, 0.717) is 6.42 Å². The van der Waals surface area contributed by atoms with E-state index < -0.39 is 59.9 Å². The average Bonchev–Trinajstić information content (AvgIpc) is 2.70. The van der Waals surface area contributed by atoms with E-state index in [0.717, 1.165) is 0 Å². The molecule has 0 aliphatic carbocycles. The van der Waals surface area contributed by atoms with Gasteiger partial charge in [-0.05, 0) is 19.3 Å². The van der Waals surface area contributed by atoms with Crippen molar-refractivity contribution in [1.82, 2.24) is 16.0 Å². The van der Waals surface area contributed by atoms with Crippen molar-refractivity contribution in [3.8, 4) is 0 Å². The number of carboxylic acids is 1. The number of hydrogen-bond donors (Lipinski definition) is 8. The molecule has 0 bridgehead atoms. The normalized spacial score (nSPS) is 16.7. The van der Waals surface area contributed by atoms with Crippen LogP contribution in [-0.2, 0) is 24.0 Å². The van der Waals surface area contributed by atoms with E-state index in [-0.39, 0.29) is 24.5 Å². The molecule has 0 spiro atoms. The van der Waals surface area contributed by atoms with E-state index >= 15 is 0 Å². The lowest BCUT2D eigenvalue weighted by Gasteiger charge is -2.26. The summed E-state index contributed by atoms with van der Waals surface area (Å²) in [6, 6.07) is -4.97. The molecule has 9 N–H and O–H groups in total. The number of primary amides is 1. The lowest BCUT2D eigenvalue weighted by molar-refractivity contribution is -0.143. The summed E-state index contributed by atoms with van der Waals surface area (Å²) in [5, 5.41) is 26.0. The molecule has 0 radical (unpaired) electrons. The molecule has 0 aromatic rings. The van der Waals surface area contributed by atoms with Crippen molar-refractivity contribution < 1.29 is 34.2 Å². The maximum atomic E-state index is 12.5. The van der Waals surface area contributed by atoms with E-state index in [2.05, 4.69) is 28.6 Å². The van der Waals surface area contributed by atoms with Gasteiger partial charge >= 0.3 is 5.97 Å². The van der Waals surface area contributed by atoms with Crippen LogP contribution in [0.2, 0.25) is 0 Å². The molecule has 178 valence electrons. The van der Waals surface area contributed by atoms with Crippen LogP contribution >= 0.6 is 12.6 Å². The highest BCUT2D eigenvalue weighted by molar-refractivity contribution is 7.80. The number of thiol groups is 1. The van der Waals surface area contributed by atoms with Crippen molar-refractivity contribution >= 4 is 42.2 Å². The summed E-state index contributed by atoms with van der Waals surface area (Å²) in [5.74, 6) is -4.78. The number of aliphatic hydroxyl groups excluding tert-OH is 1. The molecule has 31 heavy (non-hydrogen) atoms. The molecular weight excluding hydrogens is 430 g/mol. The third-order valence-electron chi connectivity index (χ3n) is 4.73. The van der Waals surface area contributed by atoms with Crippen molar-refractivity contribution in [2.24, 2.45) is 17.4 Å². The molecule has 6 atom stereocenters. The molecular formula is C18H33N5O7S. The van der Waals surface area contributed by atoms with Crippen LogP contribution in [0.4, 0.5) is 0 Å². The van der Waals surface area contributed by atoms with Gasteiger partial charge in [-0.3, -0.25) is 19.2 Å². The van der Waals surface area contributed by atoms with Gasteiger partial charge in [0.2, 0.25) is 23.6 Å². The average molecular weight is 464 g/mol. The standard InChI is InChI=1S/C18H33N5O7S/c1-4-8(2)13(20)16(27)22-11(7-31)15(26)23-14(9(3)24)17(28)21-10(18(29)30)5-6-12(19)25/h8-11,13-14,24,31H,4-7,20H2,1-3H3,(H2,19,25)(H,21,28)(H,22,27)(H,23,26)(H,29,30). The minimum Gasteiger partial charge on any atom is -0.480 e. The number of amides is 4. The smallest absolute Gasteiger partial charge is 0.326 e. The zero-order chi connectivity index (χ0) is 24.3. The van der Waals surface area contributed by atoms with Gasteiger partial charge in [-0.2, -0.15) is 12.6 Å². The van der Waals surface area contributed by atoms with E-state index in [9.17, 15) is 34.2 Å². The van der Waals surface area contributed by atoms with E-state index in [1.54, 1.807) is 6.92 Å². The summed E-state index contributed by atoms with van der Waals surface area (Å²) < 4.78 is 0. The number of aliphatic carboxylic acids is 1. The second kappa shape index (κ2) is 13.8. The summed E-state index contributed by atoms with van der Waals surface area (Å²) in [5.41, 5.74) is 10.8. The lowest BCUT2D eigenvalue weighted by atomic mass is 9.99. The minimum atomic E-state index is -1.52. The van der Waals surface area contributed by atoms with Crippen LogP contribution in [0.5, 0.6) is 0 Å². The molecule has 0 aliphatic rings. The van der Waals surface area contributed by atoms with Gasteiger partial charge < -0.3 is 37.6 Å². The monoisotopic (exact) mass is 463 g/mol. The zero-order valence-electron chi connectivity index (χ0n) is 17.8. The first-order valence-electron chi connectivity index (χ1n) is 9.82. The number of nitrogens with one attached hydrogen (secondary N) is 3. The number of rotatable bonds is 14. The van der Waals surface area contributed by atoms with E-state index in [1.165, 1.54) is 6.92 Å². The van der Waals surface area contributed by atoms with Crippen molar-refractivity contribution in [2.75, 3.05) is 5.75 Å². The molecule has 0 fully saturated rings. The maximum absolute atomic E-state index is 12.5. The number of carbonyl (C=O) groups excluding carboxylic acids is 4. The Kier molecular flexibility index (Phi) is 12.8. The highest BCUT2D eigenvalue weighted by Crippen LogP contribution is 2.06. The fourth-order valence-corrected chi connectivity index (χ4v) is 2.70. The molecule has 0 aromatic heterocycles. The highest BCUT2D eigenvalue weighted by Gasteiger charge is 2.32. The second-order valence-electron chi connectivity index (χ2n) is 7.29. The van der Waals surface area contributed by atoms with Crippen molar-refractivity contribution in [3.05, 3.63) is 0 Å². The number of nitrogens with two attached hydrogens (primary N) is 2. The summed E-state index contributed by atoms with van der Waals surface area (Å²) in [4.78, 5) is 59.4. The van der Waals surface area contributed by atoms with Gasteiger partial charge in [0.15, 0.2) is 0 Å². The highest BCUT2D eigenvalue weighted by atomic mass is 32.1. The van der Waals surface area contributed by atoms with Gasteiger partial charge in [0.1, 0.15) is 18.1 Å². The Labute approximate surface area is 186 Å². The SMILES string of the molecule is CCC(C)C(N)C(=O)NC(CS)C(=O)NC(C(=O)NC(CCC(N)=O)C(=O)O)C(C)O. The molecule has 13 heteroatoms. The van der Waals surface area contributed by atoms with Crippen molar-refractivity contribution in [2.45, 2.75) is 70.3 Å². The molecule has 0 rings (SSSR count). The van der Waals surface area contributed by atoms with Gasteiger partial charge in [-0.1, -0.05) is 20.3 Å². The summed E-state index contributed by atoms with van der Waals surface area (Å²) >= 11 is 4.03. The minimum absolute atomic E-state index is 0.116. The molecule has 0 saturated carbocycles. The van der Waals surface area contributed by atoms with E-state index in [1.807, 2.05) is 6.92 Å². The third kappa shape index (κ3) is 9.98. The number of carbonyl (C=O) groups is 5. The number of carboxylic acid groups (broad SMARTS) is 1. The molecule has 0 aliphatic heterocycles. The van der Waals surface area contributed by atoms with E-state index in [4.69, 9.17) is 11.5 Å². The topological polar surface area (TPSA) is 214 Å². The lowest BCUT2D eigenvalue weighted by Crippen LogP contribution is -2.60. The summed E-state index contributed by atoms with van der Waals surface area (Å²) in [6.07, 6.45) is -1.29. The number of hydrogen-bond acceptors (Lipinski definition) is 8. The Morgan fingerprint density at radius 1 is 0.968 bits per heavy atom. The molecule has 12 nitrogen and oxygen atoms in total. The van der Waals surface area contributed by atoms with Gasteiger partial charge in [0.05, 0.1) is 12.1 Å². The summed E-state index contributed by atoms with van der Waals surface area (Å²) in [6.45, 7) is 4.86. The molecule has 4 amide bonds. The van der Waals surface area contributed by atoms with Crippen LogP contribution in [0, 0.1) is 5.92 Å². The summed E-state index contributed by atoms with van der Waals surface area (Å²) in [7, 11) is 0. The first kappa shape index (κ1) is 28.6. The predicted molar refractivity (Wildman–Crippen MR) is 115 cm³/mol. The van der Waals surface area contributed by atoms with Crippen LogP contribution < -0.4 is 27.4 Å². The van der Waals surface area contributed by atoms with Gasteiger partial charge in [-0.15, -0.1) is 0 Å².